The van der Waals surface area contributed by atoms with Crippen molar-refractivity contribution >= 4 is 17.6 Å². The summed E-state index contributed by atoms with van der Waals surface area (Å²) in [5, 5.41) is 9.56. The maximum Gasteiger partial charge on any atom is 0.320 e. The molecule has 0 saturated heterocycles. The molecule has 0 aliphatic heterocycles. The fourth-order valence-corrected chi connectivity index (χ4v) is 2.25. The van der Waals surface area contributed by atoms with Crippen LogP contribution in [-0.2, 0) is 11.2 Å². The number of ether oxygens (including phenoxy) is 1. The van der Waals surface area contributed by atoms with E-state index in [1.54, 1.807) is 7.11 Å². The van der Waals surface area contributed by atoms with Gasteiger partial charge in [-0.3, -0.25) is 4.79 Å². The van der Waals surface area contributed by atoms with Gasteiger partial charge in [-0.2, -0.15) is 0 Å². The second-order valence-electron chi connectivity index (χ2n) is 4.89. The number of nitrogens with two attached hydrogens (primary N) is 1. The molecule has 1 aromatic carbocycles. The highest BCUT2D eigenvalue weighted by Crippen LogP contribution is 2.37. The Morgan fingerprint density at radius 2 is 2.11 bits per heavy atom. The molecule has 0 amide bonds. The van der Waals surface area contributed by atoms with E-state index in [2.05, 4.69) is 0 Å². The van der Waals surface area contributed by atoms with E-state index in [1.807, 2.05) is 26.8 Å². The number of aliphatic carboxylic acids is 1. The Hall–Kier alpha value is -1.26. The van der Waals surface area contributed by atoms with Gasteiger partial charge in [-0.15, -0.1) is 0 Å². The van der Waals surface area contributed by atoms with Crippen molar-refractivity contribution < 1.29 is 14.6 Å². The van der Waals surface area contributed by atoms with Gasteiger partial charge in [0.2, 0.25) is 0 Å². The Kier molecular flexibility index (Phi) is 5.20. The third-order valence-corrected chi connectivity index (χ3v) is 3.59. The molecule has 0 radical (unpaired) electrons. The second kappa shape index (κ2) is 6.26. The molecule has 0 aromatic heterocycles. The molecule has 0 aliphatic carbocycles. The number of rotatable bonds is 5. The lowest BCUT2D eigenvalue weighted by Crippen LogP contribution is -2.32. The number of benzene rings is 1. The average molecular weight is 286 g/mol. The van der Waals surface area contributed by atoms with E-state index >= 15 is 0 Å². The van der Waals surface area contributed by atoms with Gasteiger partial charge >= 0.3 is 5.97 Å². The van der Waals surface area contributed by atoms with E-state index in [4.69, 9.17) is 27.2 Å². The number of halogens is 1. The monoisotopic (exact) mass is 285 g/mol. The van der Waals surface area contributed by atoms with Crippen LogP contribution in [0.4, 0.5) is 0 Å². The highest BCUT2D eigenvalue weighted by molar-refractivity contribution is 6.31. The number of carboxylic acid groups (broad SMARTS) is 1. The zero-order chi connectivity index (χ0) is 14.7. The molecule has 0 spiro atoms. The Balaban J connectivity index is 3.38. The minimum Gasteiger partial charge on any atom is -0.496 e. The van der Waals surface area contributed by atoms with Crippen molar-refractivity contribution in [3.8, 4) is 5.75 Å². The maximum atomic E-state index is 10.9. The summed E-state index contributed by atoms with van der Waals surface area (Å²) in [7, 11) is 1.57. The molecule has 0 saturated carbocycles. The van der Waals surface area contributed by atoms with Crippen LogP contribution >= 0.6 is 11.6 Å². The first-order valence-corrected chi connectivity index (χ1v) is 6.51. The lowest BCUT2D eigenvalue weighted by molar-refractivity contribution is -0.138. The molecule has 19 heavy (non-hydrogen) atoms. The van der Waals surface area contributed by atoms with E-state index in [1.165, 1.54) is 0 Å². The van der Waals surface area contributed by atoms with Gasteiger partial charge in [-0.1, -0.05) is 25.4 Å². The summed E-state index contributed by atoms with van der Waals surface area (Å²) in [6, 6.07) is 0.905. The van der Waals surface area contributed by atoms with E-state index in [0.717, 1.165) is 16.7 Å². The molecular weight excluding hydrogens is 266 g/mol. The summed E-state index contributed by atoms with van der Waals surface area (Å²) >= 11 is 6.21. The summed E-state index contributed by atoms with van der Waals surface area (Å²) in [6.45, 7) is 5.91. The third-order valence-electron chi connectivity index (χ3n) is 3.20. The predicted molar refractivity (Wildman–Crippen MR) is 76.1 cm³/mol. The molecule has 0 heterocycles. The molecule has 1 unspecified atom stereocenters. The second-order valence-corrected chi connectivity index (χ2v) is 5.30. The number of hydrogen-bond donors (Lipinski definition) is 2. The van der Waals surface area contributed by atoms with Crippen LogP contribution in [0, 0.1) is 6.92 Å². The van der Waals surface area contributed by atoms with Crippen LogP contribution in [0.15, 0.2) is 6.07 Å². The Labute approximate surface area is 118 Å². The lowest BCUT2D eigenvalue weighted by Gasteiger charge is -2.20. The highest BCUT2D eigenvalue weighted by Gasteiger charge is 2.21. The number of carbonyl (C=O) groups is 1. The molecule has 106 valence electrons. The van der Waals surface area contributed by atoms with Gasteiger partial charge in [0.1, 0.15) is 11.8 Å². The molecule has 3 N–H and O–H groups in total. The van der Waals surface area contributed by atoms with Gasteiger partial charge < -0.3 is 15.6 Å². The van der Waals surface area contributed by atoms with E-state index in [9.17, 15) is 4.79 Å². The largest absolute Gasteiger partial charge is 0.496 e. The van der Waals surface area contributed by atoms with Gasteiger partial charge in [-0.05, 0) is 30.0 Å². The molecule has 4 nitrogen and oxygen atoms in total. The summed E-state index contributed by atoms with van der Waals surface area (Å²) in [6.07, 6.45) is 0.199. The first-order valence-electron chi connectivity index (χ1n) is 6.13. The van der Waals surface area contributed by atoms with Gasteiger partial charge in [0.25, 0.3) is 0 Å². The smallest absolute Gasteiger partial charge is 0.320 e. The van der Waals surface area contributed by atoms with Gasteiger partial charge in [0.15, 0.2) is 0 Å². The molecule has 5 heteroatoms. The SMILES string of the molecule is COc1c(C(C)C)cc(Cl)c(C)c1CC(N)C(=O)O. The third kappa shape index (κ3) is 3.39. The van der Waals surface area contributed by atoms with Crippen LogP contribution in [0.25, 0.3) is 0 Å². The molecular formula is C14H20ClNO3. The zero-order valence-corrected chi connectivity index (χ0v) is 12.4. The first-order chi connectivity index (χ1) is 8.79. The lowest BCUT2D eigenvalue weighted by atomic mass is 9.92. The van der Waals surface area contributed by atoms with Crippen molar-refractivity contribution in [3.63, 3.8) is 0 Å². The summed E-state index contributed by atoms with van der Waals surface area (Å²) < 4.78 is 5.45. The predicted octanol–water partition coefficient (Wildman–Crippen LogP) is 2.73. The van der Waals surface area contributed by atoms with Crippen LogP contribution < -0.4 is 10.5 Å². The Bertz CT molecular complexity index is 486. The summed E-state index contributed by atoms with van der Waals surface area (Å²) in [4.78, 5) is 10.9. The summed E-state index contributed by atoms with van der Waals surface area (Å²) in [5.41, 5.74) is 8.17. The normalized spacial score (nSPS) is 12.6. The maximum absolute atomic E-state index is 10.9. The fraction of sp³-hybridized carbons (Fsp3) is 0.500. The minimum absolute atomic E-state index is 0.199. The zero-order valence-electron chi connectivity index (χ0n) is 11.7. The van der Waals surface area contributed by atoms with Crippen molar-refractivity contribution in [1.82, 2.24) is 0 Å². The molecule has 0 aliphatic rings. The summed E-state index contributed by atoms with van der Waals surface area (Å²) in [5.74, 6) is -0.117. The average Bonchev–Trinajstić information content (AvgIpc) is 2.34. The van der Waals surface area contributed by atoms with E-state index in [0.29, 0.717) is 10.8 Å². The standard InChI is InChI=1S/C14H20ClNO3/c1-7(2)9-5-11(15)8(3)10(13(9)19-4)6-12(16)14(17)18/h5,7,12H,6,16H2,1-4H3,(H,17,18). The topological polar surface area (TPSA) is 72.5 Å². The van der Waals surface area contributed by atoms with Gasteiger partial charge in [0, 0.05) is 17.0 Å². The molecule has 0 bridgehead atoms. The van der Waals surface area contributed by atoms with Crippen molar-refractivity contribution in [2.24, 2.45) is 5.73 Å². The van der Waals surface area contributed by atoms with Crippen LogP contribution in [-0.4, -0.2) is 24.2 Å². The Morgan fingerprint density at radius 3 is 2.53 bits per heavy atom. The van der Waals surface area contributed by atoms with Crippen LogP contribution in [0.3, 0.4) is 0 Å². The Morgan fingerprint density at radius 1 is 1.53 bits per heavy atom. The fourth-order valence-electron chi connectivity index (χ4n) is 2.02. The number of carboxylic acids is 1. The van der Waals surface area contributed by atoms with E-state index in [-0.39, 0.29) is 12.3 Å². The highest BCUT2D eigenvalue weighted by atomic mass is 35.5. The van der Waals surface area contributed by atoms with Crippen LogP contribution in [0.1, 0.15) is 36.5 Å². The van der Waals surface area contributed by atoms with Gasteiger partial charge in [0.05, 0.1) is 7.11 Å². The van der Waals surface area contributed by atoms with Gasteiger partial charge in [-0.25, -0.2) is 0 Å². The van der Waals surface area contributed by atoms with Crippen molar-refractivity contribution in [3.05, 3.63) is 27.8 Å². The molecule has 1 rings (SSSR count). The number of hydrogen-bond acceptors (Lipinski definition) is 3. The quantitative estimate of drug-likeness (QED) is 0.872. The van der Waals surface area contributed by atoms with Crippen LogP contribution in [0.5, 0.6) is 5.75 Å². The van der Waals surface area contributed by atoms with E-state index < -0.39 is 12.0 Å². The molecule has 0 fully saturated rings. The van der Waals surface area contributed by atoms with Crippen LogP contribution in [0.2, 0.25) is 5.02 Å². The molecule has 1 atom stereocenters. The van der Waals surface area contributed by atoms with Crippen molar-refractivity contribution in [1.29, 1.82) is 0 Å². The van der Waals surface area contributed by atoms with Crippen molar-refractivity contribution in [2.45, 2.75) is 39.2 Å². The first kappa shape index (κ1) is 15.8. The number of methoxy groups -OCH3 is 1. The minimum atomic E-state index is -1.03. The molecule has 1 aromatic rings. The van der Waals surface area contributed by atoms with Crippen molar-refractivity contribution in [2.75, 3.05) is 7.11 Å².